The van der Waals surface area contributed by atoms with Crippen molar-refractivity contribution in [2.24, 2.45) is 5.73 Å². The van der Waals surface area contributed by atoms with Gasteiger partial charge in [0.2, 0.25) is 0 Å². The number of nitrogens with one attached hydrogen (secondary N) is 1. The molecule has 1 heterocycles. The molecule has 2 aromatic carbocycles. The lowest BCUT2D eigenvalue weighted by molar-refractivity contribution is 0.340. The van der Waals surface area contributed by atoms with Crippen LogP contribution < -0.4 is 10.5 Å². The molecular formula is C20H23BrN2O. The monoisotopic (exact) mass is 386 g/mol. The topological polar surface area (TPSA) is 51.0 Å². The van der Waals surface area contributed by atoms with Crippen LogP contribution in [0.1, 0.15) is 25.3 Å². The summed E-state index contributed by atoms with van der Waals surface area (Å²) >= 11 is 3.51. The molecule has 0 aliphatic heterocycles. The van der Waals surface area contributed by atoms with Crippen molar-refractivity contribution in [2.45, 2.75) is 26.2 Å². The molecule has 0 bridgehead atoms. The lowest BCUT2D eigenvalue weighted by Crippen LogP contribution is -1.99. The number of H-pyrrole nitrogens is 1. The standard InChI is InChI=1S/C20H23BrN2O/c1-2-24-16-10-11-19-18(13-16)17(5-3-4-12-22)20(23-19)14-6-8-15(21)9-7-14/h6-11,13,23H,2-5,12,22H2,1H3. The van der Waals surface area contributed by atoms with E-state index in [4.69, 9.17) is 10.5 Å². The molecule has 0 radical (unpaired) electrons. The van der Waals surface area contributed by atoms with Gasteiger partial charge in [-0.25, -0.2) is 0 Å². The van der Waals surface area contributed by atoms with Crippen LogP contribution in [0.2, 0.25) is 0 Å². The van der Waals surface area contributed by atoms with Gasteiger partial charge in [-0.3, -0.25) is 0 Å². The molecule has 0 unspecified atom stereocenters. The van der Waals surface area contributed by atoms with Crippen LogP contribution in [-0.4, -0.2) is 18.1 Å². The van der Waals surface area contributed by atoms with Gasteiger partial charge in [-0.2, -0.15) is 0 Å². The summed E-state index contributed by atoms with van der Waals surface area (Å²) in [5.74, 6) is 0.923. The predicted molar refractivity (Wildman–Crippen MR) is 105 cm³/mol. The third-order valence-corrected chi connectivity index (χ3v) is 4.73. The highest BCUT2D eigenvalue weighted by Crippen LogP contribution is 2.34. The molecule has 0 saturated carbocycles. The normalized spacial score (nSPS) is 11.1. The molecule has 0 aliphatic rings. The number of rotatable bonds is 7. The van der Waals surface area contributed by atoms with Crippen LogP contribution in [-0.2, 0) is 6.42 Å². The van der Waals surface area contributed by atoms with E-state index in [9.17, 15) is 0 Å². The number of aryl methyl sites for hydroxylation is 1. The molecule has 0 aliphatic carbocycles. The molecule has 3 rings (SSSR count). The van der Waals surface area contributed by atoms with Crippen molar-refractivity contribution in [1.82, 2.24) is 4.98 Å². The van der Waals surface area contributed by atoms with Crippen molar-refractivity contribution in [2.75, 3.05) is 13.2 Å². The first-order valence-electron chi connectivity index (χ1n) is 8.46. The fraction of sp³-hybridized carbons (Fsp3) is 0.300. The molecule has 3 N–H and O–H groups in total. The minimum Gasteiger partial charge on any atom is -0.494 e. The van der Waals surface area contributed by atoms with Crippen molar-refractivity contribution >= 4 is 26.8 Å². The van der Waals surface area contributed by atoms with Gasteiger partial charge in [-0.05, 0) is 74.2 Å². The molecule has 0 atom stereocenters. The first-order chi connectivity index (χ1) is 11.7. The number of nitrogens with two attached hydrogens (primary N) is 1. The first kappa shape index (κ1) is 17.1. The van der Waals surface area contributed by atoms with E-state index in [1.165, 1.54) is 22.2 Å². The summed E-state index contributed by atoms with van der Waals surface area (Å²) < 4.78 is 6.77. The number of benzene rings is 2. The van der Waals surface area contributed by atoms with Crippen LogP contribution in [0, 0.1) is 0 Å². The van der Waals surface area contributed by atoms with Gasteiger partial charge >= 0.3 is 0 Å². The van der Waals surface area contributed by atoms with E-state index in [1.807, 2.05) is 13.0 Å². The predicted octanol–water partition coefficient (Wildman–Crippen LogP) is 5.28. The Labute approximate surface area is 151 Å². The second kappa shape index (κ2) is 7.86. The third kappa shape index (κ3) is 3.65. The third-order valence-electron chi connectivity index (χ3n) is 4.20. The Kier molecular flexibility index (Phi) is 5.59. The summed E-state index contributed by atoms with van der Waals surface area (Å²) in [5, 5.41) is 1.25. The Hall–Kier alpha value is -1.78. The molecule has 4 heteroatoms. The van der Waals surface area contributed by atoms with Gasteiger partial charge in [0.25, 0.3) is 0 Å². The molecule has 0 spiro atoms. The number of hydrogen-bond acceptors (Lipinski definition) is 2. The Balaban J connectivity index is 2.08. The van der Waals surface area contributed by atoms with E-state index in [0.717, 1.165) is 41.5 Å². The molecule has 0 amide bonds. The van der Waals surface area contributed by atoms with E-state index >= 15 is 0 Å². The number of hydrogen-bond donors (Lipinski definition) is 2. The summed E-state index contributed by atoms with van der Waals surface area (Å²) in [6.07, 6.45) is 3.14. The number of aromatic amines is 1. The Morgan fingerprint density at radius 1 is 1.08 bits per heavy atom. The summed E-state index contributed by atoms with van der Waals surface area (Å²) in [6, 6.07) is 14.7. The SMILES string of the molecule is CCOc1ccc2[nH]c(-c3ccc(Br)cc3)c(CCCCN)c2c1. The zero-order chi connectivity index (χ0) is 16.9. The van der Waals surface area contributed by atoms with Crippen molar-refractivity contribution in [3.05, 3.63) is 52.5 Å². The van der Waals surface area contributed by atoms with Crippen molar-refractivity contribution < 1.29 is 4.74 Å². The fourth-order valence-electron chi connectivity index (χ4n) is 3.05. The molecule has 1 aromatic heterocycles. The number of fused-ring (bicyclic) bond motifs is 1. The molecule has 0 saturated heterocycles. The minimum atomic E-state index is 0.679. The van der Waals surface area contributed by atoms with E-state index in [2.05, 4.69) is 57.3 Å². The van der Waals surface area contributed by atoms with Crippen LogP contribution in [0.5, 0.6) is 5.75 Å². The fourth-order valence-corrected chi connectivity index (χ4v) is 3.32. The summed E-state index contributed by atoms with van der Waals surface area (Å²) in [7, 11) is 0. The van der Waals surface area contributed by atoms with Gasteiger partial charge in [0, 0.05) is 21.1 Å². The molecule has 126 valence electrons. The Morgan fingerprint density at radius 2 is 1.88 bits per heavy atom. The lowest BCUT2D eigenvalue weighted by atomic mass is 10.0. The van der Waals surface area contributed by atoms with Gasteiger partial charge in [0.05, 0.1) is 6.61 Å². The quantitative estimate of drug-likeness (QED) is 0.542. The van der Waals surface area contributed by atoms with Gasteiger partial charge in [-0.15, -0.1) is 0 Å². The average molecular weight is 387 g/mol. The molecule has 3 nitrogen and oxygen atoms in total. The number of unbranched alkanes of at least 4 members (excludes halogenated alkanes) is 1. The largest absolute Gasteiger partial charge is 0.494 e. The maximum absolute atomic E-state index is 5.69. The molecular weight excluding hydrogens is 364 g/mol. The van der Waals surface area contributed by atoms with E-state index in [1.54, 1.807) is 0 Å². The van der Waals surface area contributed by atoms with Crippen molar-refractivity contribution in [3.8, 4) is 17.0 Å². The van der Waals surface area contributed by atoms with Crippen LogP contribution in [0.15, 0.2) is 46.9 Å². The van der Waals surface area contributed by atoms with Crippen LogP contribution in [0.3, 0.4) is 0 Å². The van der Waals surface area contributed by atoms with E-state index < -0.39 is 0 Å². The maximum atomic E-state index is 5.69. The number of halogens is 1. The Morgan fingerprint density at radius 3 is 2.58 bits per heavy atom. The lowest BCUT2D eigenvalue weighted by Gasteiger charge is -2.06. The highest BCUT2D eigenvalue weighted by atomic mass is 79.9. The number of ether oxygens (including phenoxy) is 1. The molecule has 0 fully saturated rings. The van der Waals surface area contributed by atoms with Crippen LogP contribution >= 0.6 is 15.9 Å². The smallest absolute Gasteiger partial charge is 0.120 e. The van der Waals surface area contributed by atoms with Crippen molar-refractivity contribution in [1.29, 1.82) is 0 Å². The van der Waals surface area contributed by atoms with Crippen molar-refractivity contribution in [3.63, 3.8) is 0 Å². The average Bonchev–Trinajstić information content (AvgIpc) is 2.94. The first-order valence-corrected chi connectivity index (χ1v) is 9.25. The van der Waals surface area contributed by atoms with E-state index in [0.29, 0.717) is 6.61 Å². The van der Waals surface area contributed by atoms with Crippen LogP contribution in [0.25, 0.3) is 22.2 Å². The summed E-state index contributed by atoms with van der Waals surface area (Å²) in [6.45, 7) is 3.43. The zero-order valence-corrected chi connectivity index (χ0v) is 15.5. The Bertz CT molecular complexity index is 808. The zero-order valence-electron chi connectivity index (χ0n) is 13.9. The van der Waals surface area contributed by atoms with Gasteiger partial charge in [0.15, 0.2) is 0 Å². The maximum Gasteiger partial charge on any atom is 0.120 e. The molecule has 3 aromatic rings. The highest BCUT2D eigenvalue weighted by Gasteiger charge is 2.14. The van der Waals surface area contributed by atoms with Gasteiger partial charge < -0.3 is 15.5 Å². The second-order valence-corrected chi connectivity index (χ2v) is 6.79. The number of aromatic nitrogens is 1. The minimum absolute atomic E-state index is 0.679. The van der Waals surface area contributed by atoms with Gasteiger partial charge in [0.1, 0.15) is 5.75 Å². The highest BCUT2D eigenvalue weighted by molar-refractivity contribution is 9.10. The van der Waals surface area contributed by atoms with E-state index in [-0.39, 0.29) is 0 Å². The van der Waals surface area contributed by atoms with Crippen LogP contribution in [0.4, 0.5) is 0 Å². The second-order valence-electron chi connectivity index (χ2n) is 5.87. The summed E-state index contributed by atoms with van der Waals surface area (Å²) in [5.41, 5.74) is 10.6. The van der Waals surface area contributed by atoms with Gasteiger partial charge in [-0.1, -0.05) is 28.1 Å². The molecule has 24 heavy (non-hydrogen) atoms. The summed E-state index contributed by atoms with van der Waals surface area (Å²) in [4.78, 5) is 3.59.